The first-order chi connectivity index (χ1) is 8.93. The van der Waals surface area contributed by atoms with E-state index in [1.165, 1.54) is 12.1 Å². The van der Waals surface area contributed by atoms with Crippen LogP contribution in [0.2, 0.25) is 0 Å². The number of amides is 1. The van der Waals surface area contributed by atoms with Gasteiger partial charge in [-0.3, -0.25) is 4.79 Å². The van der Waals surface area contributed by atoms with E-state index in [9.17, 15) is 9.18 Å². The van der Waals surface area contributed by atoms with Gasteiger partial charge in [-0.2, -0.15) is 0 Å². The maximum Gasteiger partial charge on any atom is 0.222 e. The van der Waals surface area contributed by atoms with E-state index in [0.717, 1.165) is 12.0 Å². The zero-order valence-corrected chi connectivity index (χ0v) is 11.8. The Hall–Kier alpha value is -1.42. The summed E-state index contributed by atoms with van der Waals surface area (Å²) in [4.78, 5) is 11.9. The maximum atomic E-state index is 12.9. The number of hydrogen-bond donors (Lipinski definition) is 2. The van der Waals surface area contributed by atoms with Crippen LogP contribution < -0.4 is 11.1 Å². The van der Waals surface area contributed by atoms with Gasteiger partial charge in [-0.15, -0.1) is 0 Å². The van der Waals surface area contributed by atoms with Crippen molar-refractivity contribution in [2.45, 2.75) is 45.7 Å². The van der Waals surface area contributed by atoms with E-state index in [0.29, 0.717) is 6.42 Å². The smallest absolute Gasteiger partial charge is 0.222 e. The van der Waals surface area contributed by atoms with Crippen LogP contribution in [0, 0.1) is 11.7 Å². The predicted molar refractivity (Wildman–Crippen MR) is 75.0 cm³/mol. The molecule has 0 saturated carbocycles. The second-order valence-electron chi connectivity index (χ2n) is 5.21. The molecule has 0 spiro atoms. The van der Waals surface area contributed by atoms with Gasteiger partial charge in [0.25, 0.3) is 0 Å². The van der Waals surface area contributed by atoms with Gasteiger partial charge in [-0.05, 0) is 30.0 Å². The van der Waals surface area contributed by atoms with Crippen LogP contribution in [0.4, 0.5) is 4.39 Å². The number of carbonyl (C=O) groups excluding carboxylic acids is 1. The Kier molecular flexibility index (Phi) is 5.96. The van der Waals surface area contributed by atoms with Gasteiger partial charge in [-0.25, -0.2) is 4.39 Å². The van der Waals surface area contributed by atoms with Crippen molar-refractivity contribution >= 4 is 5.91 Å². The van der Waals surface area contributed by atoms with Crippen molar-refractivity contribution in [1.82, 2.24) is 5.32 Å². The van der Waals surface area contributed by atoms with Crippen LogP contribution in [0.1, 0.15) is 45.2 Å². The quantitative estimate of drug-likeness (QED) is 0.832. The molecule has 0 aromatic heterocycles. The SMILES string of the molecule is CCC(N)CC(=O)NC(c1ccc(F)cc1)C(C)C. The summed E-state index contributed by atoms with van der Waals surface area (Å²) >= 11 is 0. The largest absolute Gasteiger partial charge is 0.349 e. The molecule has 0 bridgehead atoms. The molecule has 19 heavy (non-hydrogen) atoms. The second-order valence-corrected chi connectivity index (χ2v) is 5.21. The van der Waals surface area contributed by atoms with Crippen LogP contribution in [0.3, 0.4) is 0 Å². The summed E-state index contributed by atoms with van der Waals surface area (Å²) < 4.78 is 12.9. The van der Waals surface area contributed by atoms with Crippen molar-refractivity contribution in [3.05, 3.63) is 35.6 Å². The Morgan fingerprint density at radius 3 is 2.37 bits per heavy atom. The second kappa shape index (κ2) is 7.24. The summed E-state index contributed by atoms with van der Waals surface area (Å²) in [7, 11) is 0. The van der Waals surface area contributed by atoms with E-state index in [1.54, 1.807) is 12.1 Å². The molecule has 1 rings (SSSR count). The molecule has 0 radical (unpaired) electrons. The molecule has 3 nitrogen and oxygen atoms in total. The Labute approximate surface area is 114 Å². The van der Waals surface area contributed by atoms with Crippen LogP contribution in [0.25, 0.3) is 0 Å². The van der Waals surface area contributed by atoms with E-state index >= 15 is 0 Å². The molecule has 0 saturated heterocycles. The first-order valence-corrected chi connectivity index (χ1v) is 6.74. The summed E-state index contributed by atoms with van der Waals surface area (Å²) in [5.74, 6) is -0.102. The van der Waals surface area contributed by atoms with Crippen molar-refractivity contribution in [3.8, 4) is 0 Å². The molecule has 1 aromatic rings. The molecule has 106 valence electrons. The number of rotatable bonds is 6. The van der Waals surface area contributed by atoms with Crippen molar-refractivity contribution in [2.24, 2.45) is 11.7 Å². The van der Waals surface area contributed by atoms with Gasteiger partial charge in [0.15, 0.2) is 0 Å². The molecule has 0 fully saturated rings. The molecule has 3 N–H and O–H groups in total. The lowest BCUT2D eigenvalue weighted by atomic mass is 9.95. The number of hydrogen-bond acceptors (Lipinski definition) is 2. The highest BCUT2D eigenvalue weighted by Gasteiger charge is 2.19. The maximum absolute atomic E-state index is 12.9. The van der Waals surface area contributed by atoms with Gasteiger partial charge in [-0.1, -0.05) is 32.9 Å². The molecule has 0 aliphatic rings. The lowest BCUT2D eigenvalue weighted by Gasteiger charge is -2.23. The molecule has 0 heterocycles. The van der Waals surface area contributed by atoms with Gasteiger partial charge in [0, 0.05) is 12.5 Å². The van der Waals surface area contributed by atoms with Crippen LogP contribution in [-0.2, 0) is 4.79 Å². The zero-order valence-electron chi connectivity index (χ0n) is 11.8. The number of carbonyl (C=O) groups is 1. The van der Waals surface area contributed by atoms with E-state index < -0.39 is 0 Å². The summed E-state index contributed by atoms with van der Waals surface area (Å²) in [6.07, 6.45) is 1.09. The van der Waals surface area contributed by atoms with Gasteiger partial charge in [0.2, 0.25) is 5.91 Å². The summed E-state index contributed by atoms with van der Waals surface area (Å²) in [6, 6.07) is 6.02. The van der Waals surface area contributed by atoms with Gasteiger partial charge < -0.3 is 11.1 Å². The molecule has 0 aliphatic carbocycles. The highest BCUT2D eigenvalue weighted by atomic mass is 19.1. The summed E-state index contributed by atoms with van der Waals surface area (Å²) in [5.41, 5.74) is 6.69. The monoisotopic (exact) mass is 266 g/mol. The minimum Gasteiger partial charge on any atom is -0.349 e. The Morgan fingerprint density at radius 1 is 1.32 bits per heavy atom. The number of benzene rings is 1. The zero-order chi connectivity index (χ0) is 14.4. The minimum absolute atomic E-state index is 0.0580. The van der Waals surface area contributed by atoms with Crippen LogP contribution in [0.5, 0.6) is 0 Å². The van der Waals surface area contributed by atoms with E-state index in [4.69, 9.17) is 5.73 Å². The van der Waals surface area contributed by atoms with Crippen LogP contribution >= 0.6 is 0 Å². The molecule has 2 unspecified atom stereocenters. The van der Waals surface area contributed by atoms with Crippen molar-refractivity contribution in [3.63, 3.8) is 0 Å². The molecular formula is C15H23FN2O. The molecule has 2 atom stereocenters. The third-order valence-electron chi connectivity index (χ3n) is 3.18. The Bertz CT molecular complexity index is 403. The number of nitrogens with two attached hydrogens (primary N) is 1. The average Bonchev–Trinajstić information content (AvgIpc) is 2.36. The lowest BCUT2D eigenvalue weighted by Crippen LogP contribution is -2.35. The van der Waals surface area contributed by atoms with E-state index in [1.807, 2.05) is 20.8 Å². The summed E-state index contributed by atoms with van der Waals surface area (Å²) in [5, 5.41) is 2.98. The topological polar surface area (TPSA) is 55.1 Å². The molecule has 1 amide bonds. The fraction of sp³-hybridized carbons (Fsp3) is 0.533. The standard InChI is InChI=1S/C15H23FN2O/c1-4-13(17)9-14(19)18-15(10(2)3)11-5-7-12(16)8-6-11/h5-8,10,13,15H,4,9,17H2,1-3H3,(H,18,19). The molecule has 4 heteroatoms. The molecule has 1 aromatic carbocycles. The van der Waals surface area contributed by atoms with Crippen LogP contribution in [-0.4, -0.2) is 11.9 Å². The summed E-state index contributed by atoms with van der Waals surface area (Å²) in [6.45, 7) is 6.00. The molecule has 0 aliphatic heterocycles. The van der Waals surface area contributed by atoms with Gasteiger partial charge in [0.05, 0.1) is 6.04 Å². The first-order valence-electron chi connectivity index (χ1n) is 6.74. The van der Waals surface area contributed by atoms with E-state index in [2.05, 4.69) is 5.32 Å². The molecular weight excluding hydrogens is 243 g/mol. The fourth-order valence-electron chi connectivity index (χ4n) is 1.92. The first kappa shape index (κ1) is 15.6. The van der Waals surface area contributed by atoms with E-state index in [-0.39, 0.29) is 29.7 Å². The van der Waals surface area contributed by atoms with Crippen molar-refractivity contribution < 1.29 is 9.18 Å². The van der Waals surface area contributed by atoms with Crippen molar-refractivity contribution in [2.75, 3.05) is 0 Å². The normalized spacial score (nSPS) is 14.2. The number of halogens is 1. The third-order valence-corrected chi connectivity index (χ3v) is 3.18. The fourth-order valence-corrected chi connectivity index (χ4v) is 1.92. The minimum atomic E-state index is -0.273. The van der Waals surface area contributed by atoms with Crippen molar-refractivity contribution in [1.29, 1.82) is 0 Å². The Balaban J connectivity index is 2.73. The highest BCUT2D eigenvalue weighted by Crippen LogP contribution is 2.22. The van der Waals surface area contributed by atoms with Gasteiger partial charge >= 0.3 is 0 Å². The Morgan fingerprint density at radius 2 is 1.89 bits per heavy atom. The highest BCUT2D eigenvalue weighted by molar-refractivity contribution is 5.77. The van der Waals surface area contributed by atoms with Gasteiger partial charge in [0.1, 0.15) is 5.82 Å². The average molecular weight is 266 g/mol. The third kappa shape index (κ3) is 4.99. The predicted octanol–water partition coefficient (Wildman–Crippen LogP) is 2.77. The van der Waals surface area contributed by atoms with Crippen LogP contribution in [0.15, 0.2) is 24.3 Å². The number of nitrogens with one attached hydrogen (secondary N) is 1. The lowest BCUT2D eigenvalue weighted by molar-refractivity contribution is -0.122.